The van der Waals surface area contributed by atoms with E-state index in [9.17, 15) is 0 Å². The molecule has 2 aromatic carbocycles. The first-order valence-corrected chi connectivity index (χ1v) is 11.2. The molecule has 0 saturated carbocycles. The summed E-state index contributed by atoms with van der Waals surface area (Å²) in [6.07, 6.45) is 7.16. The van der Waals surface area contributed by atoms with Crippen LogP contribution in [0, 0.1) is 0 Å². The molecule has 2 aliphatic rings. The highest BCUT2D eigenvalue weighted by atomic mass is 16.5. The van der Waals surface area contributed by atoms with Gasteiger partial charge in [0.05, 0.1) is 18.1 Å². The minimum atomic E-state index is 0.462. The summed E-state index contributed by atoms with van der Waals surface area (Å²) in [5.41, 5.74) is 5.02. The van der Waals surface area contributed by atoms with Gasteiger partial charge in [-0.3, -0.25) is 4.98 Å². The highest BCUT2D eigenvalue weighted by Gasteiger charge is 2.19. The van der Waals surface area contributed by atoms with Crippen LogP contribution in [0.5, 0.6) is 11.5 Å². The van der Waals surface area contributed by atoms with E-state index in [-0.39, 0.29) is 0 Å². The molecule has 2 aliphatic heterocycles. The lowest BCUT2D eigenvalue weighted by Gasteiger charge is -2.31. The molecule has 5 heteroatoms. The van der Waals surface area contributed by atoms with E-state index in [1.807, 2.05) is 30.6 Å². The van der Waals surface area contributed by atoms with Crippen LogP contribution < -0.4 is 19.7 Å². The smallest absolute Gasteiger partial charge is 0.139 e. The number of hydrogen-bond donors (Lipinski definition) is 1. The molecular formula is C26H29N3O2. The van der Waals surface area contributed by atoms with Crippen LogP contribution >= 0.6 is 0 Å². The van der Waals surface area contributed by atoms with E-state index in [0.717, 1.165) is 43.2 Å². The normalized spacial score (nSPS) is 17.9. The topological polar surface area (TPSA) is 46.6 Å². The third kappa shape index (κ3) is 5.00. The molecule has 1 saturated heterocycles. The Kier molecular flexibility index (Phi) is 6.03. The van der Waals surface area contributed by atoms with Crippen LogP contribution in [0.25, 0.3) is 0 Å². The fraction of sp³-hybridized carbons (Fsp3) is 0.346. The van der Waals surface area contributed by atoms with Crippen LogP contribution in [0.15, 0.2) is 67.0 Å². The minimum Gasteiger partial charge on any atom is -0.490 e. The Morgan fingerprint density at radius 2 is 1.90 bits per heavy atom. The Morgan fingerprint density at radius 1 is 0.968 bits per heavy atom. The van der Waals surface area contributed by atoms with Crippen molar-refractivity contribution in [2.24, 2.45) is 0 Å². The van der Waals surface area contributed by atoms with E-state index in [1.54, 1.807) is 0 Å². The van der Waals surface area contributed by atoms with Crippen LogP contribution in [-0.2, 0) is 19.6 Å². The maximum absolute atomic E-state index is 6.01. The van der Waals surface area contributed by atoms with Gasteiger partial charge in [-0.05, 0) is 54.6 Å². The lowest BCUT2D eigenvalue weighted by molar-refractivity contribution is 0.276. The summed E-state index contributed by atoms with van der Waals surface area (Å²) in [5, 5.41) is 3.47. The number of fused-ring (bicyclic) bond motifs is 1. The van der Waals surface area contributed by atoms with E-state index in [0.29, 0.717) is 19.3 Å². The Balaban J connectivity index is 1.21. The molecule has 0 aliphatic carbocycles. The predicted molar refractivity (Wildman–Crippen MR) is 123 cm³/mol. The molecule has 1 unspecified atom stereocenters. The van der Waals surface area contributed by atoms with Crippen molar-refractivity contribution in [1.29, 1.82) is 0 Å². The zero-order valence-electron chi connectivity index (χ0n) is 17.8. The van der Waals surface area contributed by atoms with Gasteiger partial charge in [-0.25, -0.2) is 0 Å². The lowest BCUT2D eigenvalue weighted by atomic mass is 9.99. The molecule has 1 fully saturated rings. The van der Waals surface area contributed by atoms with Crippen molar-refractivity contribution >= 4 is 5.69 Å². The maximum Gasteiger partial charge on any atom is 0.139 e. The lowest BCUT2D eigenvalue weighted by Crippen LogP contribution is -2.30. The average molecular weight is 416 g/mol. The summed E-state index contributed by atoms with van der Waals surface area (Å²) in [6.45, 7) is 4.24. The Bertz CT molecular complexity index is 1000. The van der Waals surface area contributed by atoms with Gasteiger partial charge in [0.1, 0.15) is 24.7 Å². The maximum atomic E-state index is 6.01. The van der Waals surface area contributed by atoms with Crippen molar-refractivity contribution in [2.45, 2.75) is 38.5 Å². The highest BCUT2D eigenvalue weighted by Crippen LogP contribution is 2.29. The number of benzene rings is 2. The number of anilines is 1. The van der Waals surface area contributed by atoms with Gasteiger partial charge in [-0.2, -0.15) is 0 Å². The largest absolute Gasteiger partial charge is 0.490 e. The first kappa shape index (κ1) is 19.9. The van der Waals surface area contributed by atoms with E-state index >= 15 is 0 Å². The molecule has 1 aromatic heterocycles. The molecule has 0 spiro atoms. The molecule has 3 aromatic rings. The zero-order chi connectivity index (χ0) is 20.9. The number of hydrogen-bond acceptors (Lipinski definition) is 5. The van der Waals surface area contributed by atoms with Gasteiger partial charge in [0.15, 0.2) is 0 Å². The van der Waals surface area contributed by atoms with Crippen molar-refractivity contribution in [1.82, 2.24) is 10.3 Å². The summed E-state index contributed by atoms with van der Waals surface area (Å²) in [7, 11) is 0. The summed E-state index contributed by atoms with van der Waals surface area (Å²) < 4.78 is 12.0. The Hall–Kier alpha value is -3.05. The minimum absolute atomic E-state index is 0.462. The second-order valence-electron chi connectivity index (χ2n) is 8.36. The number of rotatable bonds is 7. The van der Waals surface area contributed by atoms with Gasteiger partial charge >= 0.3 is 0 Å². The fourth-order valence-corrected chi connectivity index (χ4v) is 4.34. The monoisotopic (exact) mass is 415 g/mol. The van der Waals surface area contributed by atoms with E-state index in [4.69, 9.17) is 9.47 Å². The van der Waals surface area contributed by atoms with Crippen LogP contribution in [-0.4, -0.2) is 30.7 Å². The molecule has 0 amide bonds. The standard InChI is InChI=1S/C26H29N3O2/c1-2-5-20(6-3-1)18-30-25-9-8-22-17-29(12-10-21(22)13-25)24-14-26(16-27-15-24)31-19-23-7-4-11-28-23/h1-3,5-6,8-9,13-16,23,28H,4,7,10-12,17-19H2. The SMILES string of the molecule is c1ccc(COc2ccc3c(c2)CCN(c2cncc(OCC4CCCN4)c2)C3)cc1. The molecule has 0 radical (unpaired) electrons. The number of pyridine rings is 1. The van der Waals surface area contributed by atoms with Gasteiger partial charge in [0.25, 0.3) is 0 Å². The Labute approximate surface area is 184 Å². The van der Waals surface area contributed by atoms with Gasteiger partial charge in [-0.15, -0.1) is 0 Å². The van der Waals surface area contributed by atoms with Crippen molar-refractivity contribution in [3.05, 3.63) is 83.7 Å². The highest BCUT2D eigenvalue weighted by molar-refractivity contribution is 5.51. The second-order valence-corrected chi connectivity index (χ2v) is 8.36. The third-order valence-electron chi connectivity index (χ3n) is 6.12. The molecule has 3 heterocycles. The van der Waals surface area contributed by atoms with Crippen molar-refractivity contribution < 1.29 is 9.47 Å². The molecule has 5 nitrogen and oxygen atoms in total. The molecule has 0 bridgehead atoms. The molecule has 5 rings (SSSR count). The quantitative estimate of drug-likeness (QED) is 0.622. The van der Waals surface area contributed by atoms with Gasteiger partial charge in [-0.1, -0.05) is 36.4 Å². The van der Waals surface area contributed by atoms with Crippen LogP contribution in [0.1, 0.15) is 29.5 Å². The summed E-state index contributed by atoms with van der Waals surface area (Å²) >= 11 is 0. The van der Waals surface area contributed by atoms with Crippen molar-refractivity contribution in [3.63, 3.8) is 0 Å². The van der Waals surface area contributed by atoms with Gasteiger partial charge in [0, 0.05) is 25.2 Å². The van der Waals surface area contributed by atoms with Gasteiger partial charge in [0.2, 0.25) is 0 Å². The predicted octanol–water partition coefficient (Wildman–Crippen LogP) is 4.35. The summed E-state index contributed by atoms with van der Waals surface area (Å²) in [6, 6.07) is 19.3. The van der Waals surface area contributed by atoms with E-state index in [1.165, 1.54) is 29.5 Å². The second kappa shape index (κ2) is 9.40. The zero-order valence-corrected chi connectivity index (χ0v) is 17.8. The number of aromatic nitrogens is 1. The average Bonchev–Trinajstić information content (AvgIpc) is 3.36. The first-order chi connectivity index (χ1) is 15.3. The summed E-state index contributed by atoms with van der Waals surface area (Å²) in [4.78, 5) is 6.80. The molecular weight excluding hydrogens is 386 g/mol. The number of ether oxygens (including phenoxy) is 2. The Morgan fingerprint density at radius 3 is 2.77 bits per heavy atom. The molecule has 160 valence electrons. The number of nitrogens with zero attached hydrogens (tertiary/aromatic N) is 2. The third-order valence-corrected chi connectivity index (χ3v) is 6.12. The van der Waals surface area contributed by atoms with Gasteiger partial charge < -0.3 is 19.7 Å². The van der Waals surface area contributed by atoms with Crippen LogP contribution in [0.3, 0.4) is 0 Å². The molecule has 1 atom stereocenters. The van der Waals surface area contributed by atoms with Crippen LogP contribution in [0.2, 0.25) is 0 Å². The first-order valence-electron chi connectivity index (χ1n) is 11.2. The van der Waals surface area contributed by atoms with E-state index < -0.39 is 0 Å². The molecule has 31 heavy (non-hydrogen) atoms. The number of nitrogens with one attached hydrogen (secondary N) is 1. The van der Waals surface area contributed by atoms with Crippen molar-refractivity contribution in [3.8, 4) is 11.5 Å². The van der Waals surface area contributed by atoms with Crippen molar-refractivity contribution in [2.75, 3.05) is 24.6 Å². The summed E-state index contributed by atoms with van der Waals surface area (Å²) in [5.74, 6) is 1.79. The fourth-order valence-electron chi connectivity index (χ4n) is 4.34. The van der Waals surface area contributed by atoms with Crippen LogP contribution in [0.4, 0.5) is 5.69 Å². The van der Waals surface area contributed by atoms with E-state index in [2.05, 4.69) is 51.6 Å². The molecule has 1 N–H and O–H groups in total.